The van der Waals surface area contributed by atoms with Gasteiger partial charge in [0.2, 0.25) is 5.91 Å². The molecular formula is C25H28N4O5S2. The number of ether oxygens (including phenoxy) is 2. The third-order valence-electron chi connectivity index (χ3n) is 4.98. The number of nitrogens with zero attached hydrogens (tertiary/aromatic N) is 3. The molecular weight excluding hydrogens is 500 g/mol. The Labute approximate surface area is 217 Å². The van der Waals surface area contributed by atoms with Gasteiger partial charge in [0.1, 0.15) is 9.88 Å². The third-order valence-corrected chi connectivity index (χ3v) is 7.13. The van der Waals surface area contributed by atoms with Crippen LogP contribution in [0, 0.1) is 13.8 Å². The molecule has 2 aromatic heterocycles. The highest BCUT2D eigenvalue weighted by Crippen LogP contribution is 2.34. The second-order valence-electron chi connectivity index (χ2n) is 7.61. The molecule has 9 nitrogen and oxygen atoms in total. The maximum absolute atomic E-state index is 12.9. The van der Waals surface area contributed by atoms with Crippen LogP contribution in [0.5, 0.6) is 0 Å². The zero-order valence-corrected chi connectivity index (χ0v) is 22.3. The van der Waals surface area contributed by atoms with E-state index in [0.29, 0.717) is 23.1 Å². The first-order valence-corrected chi connectivity index (χ1v) is 13.1. The zero-order valence-electron chi connectivity index (χ0n) is 20.6. The number of thioether (sulfide) groups is 1. The summed E-state index contributed by atoms with van der Waals surface area (Å²) in [7, 11) is 0. The molecule has 0 aliphatic heterocycles. The van der Waals surface area contributed by atoms with E-state index in [1.807, 2.05) is 35.8 Å². The Morgan fingerprint density at radius 2 is 1.86 bits per heavy atom. The van der Waals surface area contributed by atoms with E-state index in [0.717, 1.165) is 22.5 Å². The molecule has 0 aliphatic rings. The number of esters is 2. The monoisotopic (exact) mass is 528 g/mol. The van der Waals surface area contributed by atoms with Crippen LogP contribution in [0.1, 0.15) is 45.0 Å². The lowest BCUT2D eigenvalue weighted by Gasteiger charge is -2.09. The van der Waals surface area contributed by atoms with Crippen molar-refractivity contribution < 1.29 is 23.9 Å². The Kier molecular flexibility index (Phi) is 9.43. The van der Waals surface area contributed by atoms with E-state index >= 15 is 0 Å². The number of thiophene rings is 1. The lowest BCUT2D eigenvalue weighted by Crippen LogP contribution is -2.17. The van der Waals surface area contributed by atoms with Gasteiger partial charge in [0.25, 0.3) is 0 Å². The summed E-state index contributed by atoms with van der Waals surface area (Å²) in [6, 6.07) is 7.92. The predicted octanol–water partition coefficient (Wildman–Crippen LogP) is 4.89. The van der Waals surface area contributed by atoms with Crippen molar-refractivity contribution in [2.75, 3.05) is 24.3 Å². The third kappa shape index (κ3) is 6.21. The van der Waals surface area contributed by atoms with E-state index in [1.54, 1.807) is 26.8 Å². The lowest BCUT2D eigenvalue weighted by atomic mass is 10.1. The van der Waals surface area contributed by atoms with Gasteiger partial charge in [0, 0.05) is 12.1 Å². The molecule has 3 rings (SSSR count). The van der Waals surface area contributed by atoms with Crippen LogP contribution >= 0.6 is 23.1 Å². The summed E-state index contributed by atoms with van der Waals surface area (Å²) in [5, 5.41) is 12.1. The standard InChI is InChI=1S/C25H28N4O5S2/c1-6-12-29-21(17-11-9-10-15(4)13-17)27-28-25(29)35-14-18(30)26-22-19(23(31)33-7-2)16(5)20(36-22)24(32)34-8-3/h6,9-11,13H,1,7-8,12,14H2,2-5H3,(H,26,30). The molecule has 0 aliphatic carbocycles. The number of hydrogen-bond donors (Lipinski definition) is 1. The maximum atomic E-state index is 12.9. The van der Waals surface area contributed by atoms with Crippen LogP contribution in [0.25, 0.3) is 11.4 Å². The maximum Gasteiger partial charge on any atom is 0.348 e. The normalized spacial score (nSPS) is 10.7. The molecule has 0 saturated carbocycles. The van der Waals surface area contributed by atoms with Gasteiger partial charge in [-0.05, 0) is 39.3 Å². The first-order valence-electron chi connectivity index (χ1n) is 11.3. The predicted molar refractivity (Wildman–Crippen MR) is 141 cm³/mol. The molecule has 0 atom stereocenters. The minimum atomic E-state index is -0.613. The fraction of sp³-hybridized carbons (Fsp3) is 0.320. The molecule has 0 radical (unpaired) electrons. The number of rotatable bonds is 11. The van der Waals surface area contributed by atoms with E-state index in [2.05, 4.69) is 22.1 Å². The van der Waals surface area contributed by atoms with Gasteiger partial charge in [-0.15, -0.1) is 28.1 Å². The van der Waals surface area contributed by atoms with Crippen molar-refractivity contribution in [1.29, 1.82) is 0 Å². The molecule has 0 fully saturated rings. The van der Waals surface area contributed by atoms with Gasteiger partial charge in [-0.2, -0.15) is 0 Å². The highest BCUT2D eigenvalue weighted by atomic mass is 32.2. The second-order valence-corrected chi connectivity index (χ2v) is 9.58. The van der Waals surface area contributed by atoms with Crippen LogP contribution in [-0.4, -0.2) is 51.6 Å². The van der Waals surface area contributed by atoms with Crippen molar-refractivity contribution in [2.24, 2.45) is 0 Å². The first-order chi connectivity index (χ1) is 17.3. The number of anilines is 1. The van der Waals surface area contributed by atoms with Gasteiger partial charge >= 0.3 is 11.9 Å². The molecule has 1 amide bonds. The summed E-state index contributed by atoms with van der Waals surface area (Å²) < 4.78 is 12.1. The summed E-state index contributed by atoms with van der Waals surface area (Å²) in [5.74, 6) is -0.844. The van der Waals surface area contributed by atoms with Crippen LogP contribution in [0.2, 0.25) is 0 Å². The fourth-order valence-electron chi connectivity index (χ4n) is 3.42. The van der Waals surface area contributed by atoms with E-state index in [4.69, 9.17) is 9.47 Å². The topological polar surface area (TPSA) is 112 Å². The molecule has 11 heteroatoms. The molecule has 0 spiro atoms. The molecule has 36 heavy (non-hydrogen) atoms. The Hall–Kier alpha value is -3.44. The van der Waals surface area contributed by atoms with Crippen LogP contribution < -0.4 is 5.32 Å². The van der Waals surface area contributed by atoms with Crippen LogP contribution in [0.3, 0.4) is 0 Å². The highest BCUT2D eigenvalue weighted by Gasteiger charge is 2.27. The number of benzene rings is 1. The zero-order chi connectivity index (χ0) is 26.2. The number of amides is 1. The Balaban J connectivity index is 1.80. The van der Waals surface area contributed by atoms with Gasteiger partial charge < -0.3 is 14.8 Å². The molecule has 3 aromatic rings. The van der Waals surface area contributed by atoms with E-state index in [9.17, 15) is 14.4 Å². The number of nitrogens with one attached hydrogen (secondary N) is 1. The number of aromatic nitrogens is 3. The molecule has 1 N–H and O–H groups in total. The lowest BCUT2D eigenvalue weighted by molar-refractivity contribution is -0.113. The van der Waals surface area contributed by atoms with Crippen LogP contribution in [-0.2, 0) is 20.8 Å². The van der Waals surface area contributed by atoms with Crippen LogP contribution in [0.15, 0.2) is 42.1 Å². The molecule has 2 heterocycles. The SMILES string of the molecule is C=CCn1c(SCC(=O)Nc2sc(C(=O)OCC)c(C)c2C(=O)OCC)nnc1-c1cccc(C)c1. The average molecular weight is 529 g/mol. The molecule has 0 unspecified atom stereocenters. The van der Waals surface area contributed by atoms with Crippen molar-refractivity contribution in [3.63, 3.8) is 0 Å². The van der Waals surface area contributed by atoms with Gasteiger partial charge in [0.05, 0.1) is 24.5 Å². The molecule has 190 valence electrons. The summed E-state index contributed by atoms with van der Waals surface area (Å²) >= 11 is 2.20. The largest absolute Gasteiger partial charge is 0.462 e. The van der Waals surface area contributed by atoms with E-state index in [1.165, 1.54) is 11.8 Å². The smallest absolute Gasteiger partial charge is 0.348 e. The number of hydrogen-bond acceptors (Lipinski definition) is 9. The average Bonchev–Trinajstić information content (AvgIpc) is 3.38. The summed E-state index contributed by atoms with van der Waals surface area (Å²) in [4.78, 5) is 38.0. The summed E-state index contributed by atoms with van der Waals surface area (Å²) in [6.45, 7) is 11.7. The number of aryl methyl sites for hydroxylation is 1. The van der Waals surface area contributed by atoms with Crippen molar-refractivity contribution in [2.45, 2.75) is 39.4 Å². The Morgan fingerprint density at radius 1 is 1.14 bits per heavy atom. The minimum Gasteiger partial charge on any atom is -0.462 e. The number of carbonyl (C=O) groups excluding carboxylic acids is 3. The summed E-state index contributed by atoms with van der Waals surface area (Å²) in [5.41, 5.74) is 2.58. The second kappa shape index (κ2) is 12.5. The van der Waals surface area contributed by atoms with Gasteiger partial charge in [-0.1, -0.05) is 41.6 Å². The van der Waals surface area contributed by atoms with Crippen molar-refractivity contribution in [3.05, 3.63) is 58.5 Å². The van der Waals surface area contributed by atoms with Crippen molar-refractivity contribution >= 4 is 45.9 Å². The van der Waals surface area contributed by atoms with Crippen molar-refractivity contribution in [1.82, 2.24) is 14.8 Å². The van der Waals surface area contributed by atoms with Gasteiger partial charge in [-0.3, -0.25) is 9.36 Å². The number of carbonyl (C=O) groups is 3. The minimum absolute atomic E-state index is 0.0110. The van der Waals surface area contributed by atoms with Crippen LogP contribution in [0.4, 0.5) is 5.00 Å². The quantitative estimate of drug-likeness (QED) is 0.213. The van der Waals surface area contributed by atoms with E-state index < -0.39 is 11.9 Å². The molecule has 1 aromatic carbocycles. The van der Waals surface area contributed by atoms with Crippen molar-refractivity contribution in [3.8, 4) is 11.4 Å². The number of allylic oxidation sites excluding steroid dienone is 1. The summed E-state index contributed by atoms with van der Waals surface area (Å²) in [6.07, 6.45) is 1.74. The molecule has 0 bridgehead atoms. The van der Waals surface area contributed by atoms with Gasteiger partial charge in [0.15, 0.2) is 11.0 Å². The van der Waals surface area contributed by atoms with Gasteiger partial charge in [-0.25, -0.2) is 9.59 Å². The molecule has 0 saturated heterocycles. The Bertz CT molecular complexity index is 1280. The fourth-order valence-corrected chi connectivity index (χ4v) is 5.27. The van der Waals surface area contributed by atoms with E-state index in [-0.39, 0.29) is 40.3 Å². The highest BCUT2D eigenvalue weighted by molar-refractivity contribution is 7.99. The Morgan fingerprint density at radius 3 is 2.53 bits per heavy atom. The first kappa shape index (κ1) is 27.2.